The summed E-state index contributed by atoms with van der Waals surface area (Å²) in [5.41, 5.74) is 0.540. The first kappa shape index (κ1) is 20.8. The molecule has 4 rings (SSSR count). The Morgan fingerprint density at radius 2 is 1.68 bits per heavy atom. The fourth-order valence-electron chi connectivity index (χ4n) is 3.98. The maximum absolute atomic E-state index is 13.4. The number of benzene rings is 1. The molecule has 10 heteroatoms. The molecule has 1 aliphatic heterocycles. The van der Waals surface area contributed by atoms with E-state index in [-0.39, 0.29) is 11.7 Å². The lowest BCUT2D eigenvalue weighted by atomic mass is 10.2. The van der Waals surface area contributed by atoms with Crippen LogP contribution < -0.4 is 16.1 Å². The highest BCUT2D eigenvalue weighted by atomic mass is 19.1. The summed E-state index contributed by atoms with van der Waals surface area (Å²) >= 11 is 0. The van der Waals surface area contributed by atoms with E-state index in [1.807, 2.05) is 16.7 Å². The minimum atomic E-state index is -0.450. The molecular weight excluding hydrogens is 403 g/mol. The van der Waals surface area contributed by atoms with Crippen LogP contribution in [-0.4, -0.2) is 55.7 Å². The molecule has 3 aromatic rings. The predicted octanol–water partition coefficient (Wildman–Crippen LogP) is 0.680. The van der Waals surface area contributed by atoms with Crippen LogP contribution in [0.5, 0.6) is 0 Å². The van der Waals surface area contributed by atoms with Gasteiger partial charge in [-0.3, -0.25) is 23.3 Å². The highest BCUT2D eigenvalue weighted by Crippen LogP contribution is 2.23. The molecule has 1 fully saturated rings. The molecule has 164 valence electrons. The van der Waals surface area contributed by atoms with E-state index in [0.717, 1.165) is 10.1 Å². The van der Waals surface area contributed by atoms with Crippen molar-refractivity contribution in [1.82, 2.24) is 23.6 Å². The first-order chi connectivity index (χ1) is 14.8. The number of piperazine rings is 1. The van der Waals surface area contributed by atoms with E-state index in [1.165, 1.54) is 23.7 Å². The van der Waals surface area contributed by atoms with Gasteiger partial charge in [0.2, 0.25) is 11.9 Å². The van der Waals surface area contributed by atoms with Gasteiger partial charge in [-0.25, -0.2) is 9.18 Å². The van der Waals surface area contributed by atoms with E-state index >= 15 is 0 Å². The van der Waals surface area contributed by atoms with Crippen LogP contribution in [-0.2, 0) is 25.4 Å². The maximum atomic E-state index is 13.4. The van der Waals surface area contributed by atoms with E-state index < -0.39 is 11.2 Å². The van der Waals surface area contributed by atoms with Gasteiger partial charge in [-0.05, 0) is 17.7 Å². The summed E-state index contributed by atoms with van der Waals surface area (Å²) in [4.78, 5) is 46.0. The molecule has 0 saturated carbocycles. The molecule has 0 bridgehead atoms. The zero-order valence-electron chi connectivity index (χ0n) is 17.8. The number of amides is 1. The minimum absolute atomic E-state index is 0.107. The number of halogens is 1. The number of carbonyl (C=O) groups is 1. The molecule has 0 N–H and O–H groups in total. The Morgan fingerprint density at radius 1 is 1.03 bits per heavy atom. The van der Waals surface area contributed by atoms with E-state index in [2.05, 4.69) is 4.98 Å². The quantitative estimate of drug-likeness (QED) is 0.610. The molecule has 31 heavy (non-hydrogen) atoms. The maximum Gasteiger partial charge on any atom is 0.332 e. The zero-order chi connectivity index (χ0) is 22.3. The summed E-state index contributed by atoms with van der Waals surface area (Å²) in [5.74, 6) is 0.325. The Labute approximate surface area is 177 Å². The molecular formula is C21H25FN6O3. The summed E-state index contributed by atoms with van der Waals surface area (Å²) in [6, 6.07) is 6.07. The van der Waals surface area contributed by atoms with Crippen molar-refractivity contribution >= 4 is 23.0 Å². The monoisotopic (exact) mass is 428 g/mol. The third-order valence-electron chi connectivity index (χ3n) is 5.80. The number of fused-ring (bicyclic) bond motifs is 1. The largest absolute Gasteiger partial charge is 0.339 e. The van der Waals surface area contributed by atoms with Gasteiger partial charge in [0.15, 0.2) is 11.2 Å². The van der Waals surface area contributed by atoms with Crippen molar-refractivity contribution in [3.05, 3.63) is 56.5 Å². The van der Waals surface area contributed by atoms with Crippen LogP contribution in [0.2, 0.25) is 0 Å². The Hall–Kier alpha value is -3.43. The van der Waals surface area contributed by atoms with Crippen LogP contribution in [0.1, 0.15) is 18.9 Å². The Bertz CT molecular complexity index is 1250. The minimum Gasteiger partial charge on any atom is -0.339 e. The van der Waals surface area contributed by atoms with Crippen LogP contribution in [0.15, 0.2) is 33.9 Å². The van der Waals surface area contributed by atoms with Crippen LogP contribution in [0.3, 0.4) is 0 Å². The lowest BCUT2D eigenvalue weighted by Crippen LogP contribution is -2.49. The number of anilines is 1. The second-order valence-corrected chi connectivity index (χ2v) is 7.72. The number of hydrogen-bond acceptors (Lipinski definition) is 5. The fourth-order valence-corrected chi connectivity index (χ4v) is 3.98. The number of aryl methyl sites for hydroxylation is 1. The second kappa shape index (κ2) is 8.01. The zero-order valence-corrected chi connectivity index (χ0v) is 17.8. The third-order valence-corrected chi connectivity index (χ3v) is 5.80. The summed E-state index contributed by atoms with van der Waals surface area (Å²) in [6.45, 7) is 4.38. The molecule has 0 atom stereocenters. The molecule has 1 aliphatic rings. The summed E-state index contributed by atoms with van der Waals surface area (Å²) in [6.07, 6.45) is 0.460. The van der Waals surface area contributed by atoms with Gasteiger partial charge in [-0.1, -0.05) is 19.1 Å². The summed E-state index contributed by atoms with van der Waals surface area (Å²) in [5, 5.41) is 0. The SMILES string of the molecule is CCC(=O)N1CCN(c2nc3c(c(=O)n(C)c(=O)n3C)n2Cc2ccc(F)cc2)CC1. The van der Waals surface area contributed by atoms with Crippen LogP contribution in [0.25, 0.3) is 11.2 Å². The Balaban J connectivity index is 1.82. The van der Waals surface area contributed by atoms with E-state index in [0.29, 0.717) is 56.3 Å². The predicted molar refractivity (Wildman–Crippen MR) is 115 cm³/mol. The van der Waals surface area contributed by atoms with Gasteiger partial charge in [0.1, 0.15) is 5.82 Å². The van der Waals surface area contributed by atoms with Crippen molar-refractivity contribution in [3.63, 3.8) is 0 Å². The molecule has 1 saturated heterocycles. The lowest BCUT2D eigenvalue weighted by Gasteiger charge is -2.35. The van der Waals surface area contributed by atoms with Crippen molar-refractivity contribution in [1.29, 1.82) is 0 Å². The Morgan fingerprint density at radius 3 is 2.29 bits per heavy atom. The normalized spacial score (nSPS) is 14.5. The van der Waals surface area contributed by atoms with Crippen molar-refractivity contribution in [2.24, 2.45) is 14.1 Å². The molecule has 3 heterocycles. The molecule has 0 radical (unpaired) electrons. The first-order valence-corrected chi connectivity index (χ1v) is 10.2. The van der Waals surface area contributed by atoms with E-state index in [1.54, 1.807) is 23.7 Å². The van der Waals surface area contributed by atoms with Gasteiger partial charge in [0.25, 0.3) is 5.56 Å². The number of rotatable bonds is 4. The number of aromatic nitrogens is 4. The van der Waals surface area contributed by atoms with Gasteiger partial charge in [-0.15, -0.1) is 0 Å². The second-order valence-electron chi connectivity index (χ2n) is 7.72. The molecule has 9 nitrogen and oxygen atoms in total. The number of nitrogens with zero attached hydrogens (tertiary/aromatic N) is 6. The first-order valence-electron chi connectivity index (χ1n) is 10.2. The highest BCUT2D eigenvalue weighted by molar-refractivity contribution is 5.77. The van der Waals surface area contributed by atoms with Crippen LogP contribution in [0.4, 0.5) is 10.3 Å². The number of hydrogen-bond donors (Lipinski definition) is 0. The summed E-state index contributed by atoms with van der Waals surface area (Å²) < 4.78 is 17.6. The van der Waals surface area contributed by atoms with Crippen LogP contribution >= 0.6 is 0 Å². The molecule has 1 aromatic carbocycles. The summed E-state index contributed by atoms with van der Waals surface area (Å²) in [7, 11) is 3.02. The molecule has 0 spiro atoms. The number of carbonyl (C=O) groups excluding carboxylic acids is 1. The van der Waals surface area contributed by atoms with E-state index in [4.69, 9.17) is 0 Å². The van der Waals surface area contributed by atoms with Gasteiger partial charge >= 0.3 is 5.69 Å². The third kappa shape index (κ3) is 3.62. The number of imidazole rings is 1. The van der Waals surface area contributed by atoms with Crippen LogP contribution in [0, 0.1) is 5.82 Å². The lowest BCUT2D eigenvalue weighted by molar-refractivity contribution is -0.131. The molecule has 0 unspecified atom stereocenters. The topological polar surface area (TPSA) is 85.4 Å². The van der Waals surface area contributed by atoms with Gasteiger partial charge in [0.05, 0.1) is 6.54 Å². The Kier molecular flexibility index (Phi) is 5.38. The van der Waals surface area contributed by atoms with E-state index in [9.17, 15) is 18.8 Å². The smallest absolute Gasteiger partial charge is 0.332 e. The van der Waals surface area contributed by atoms with Crippen molar-refractivity contribution in [2.45, 2.75) is 19.9 Å². The van der Waals surface area contributed by atoms with Crippen molar-refractivity contribution in [2.75, 3.05) is 31.1 Å². The van der Waals surface area contributed by atoms with Gasteiger partial charge in [0, 0.05) is 46.7 Å². The highest BCUT2D eigenvalue weighted by Gasteiger charge is 2.26. The average molecular weight is 428 g/mol. The van der Waals surface area contributed by atoms with Gasteiger partial charge < -0.3 is 9.80 Å². The molecule has 2 aromatic heterocycles. The fraction of sp³-hybridized carbons (Fsp3) is 0.429. The molecule has 0 aliphatic carbocycles. The van der Waals surface area contributed by atoms with Gasteiger partial charge in [-0.2, -0.15) is 4.98 Å². The van der Waals surface area contributed by atoms with Crippen molar-refractivity contribution < 1.29 is 9.18 Å². The average Bonchev–Trinajstić information content (AvgIpc) is 3.16. The molecule has 1 amide bonds. The standard InChI is InChI=1S/C21H25FN6O3/c1-4-16(29)26-9-11-27(12-10-26)20-23-18-17(19(30)25(3)21(31)24(18)2)28(20)13-14-5-7-15(22)8-6-14/h5-8H,4,9-13H2,1-3H3. The van der Waals surface area contributed by atoms with Crippen molar-refractivity contribution in [3.8, 4) is 0 Å².